The molecule has 0 spiro atoms. The van der Waals surface area contributed by atoms with Crippen molar-refractivity contribution in [2.24, 2.45) is 34.8 Å². The third kappa shape index (κ3) is 24.0. The SMILES string of the molecule is CC(C)CC(N)C(=O)O.CC(C)CC(N)C(=O)O.NC(CO)C(=O)O.NC(Cc1c[nH]cn1)C(=O)O. The van der Waals surface area contributed by atoms with Crippen LogP contribution in [-0.4, -0.2) is 90.2 Å². The van der Waals surface area contributed by atoms with Crippen molar-refractivity contribution in [2.75, 3.05) is 6.61 Å². The zero-order valence-corrected chi connectivity index (χ0v) is 21.1. The number of imidazole rings is 1. The molecule has 1 aromatic rings. The molecule has 15 heteroatoms. The lowest BCUT2D eigenvalue weighted by molar-refractivity contribution is -0.140. The standard InChI is InChI=1S/C6H9N3O2.2C6H13NO2.C3H7NO3/c7-5(6(10)11)1-4-2-8-3-9-4;2*1-4(2)3-5(7)6(8)9;4-2(1-5)3(6)7/h2-3,5H,1,7H2,(H,8,9)(H,10,11);2*4-5H,3,7H2,1-2H3,(H,8,9);2,5H,1,4H2,(H,6,7). The Hall–Kier alpha value is -3.11. The maximum atomic E-state index is 10.3. The Morgan fingerprint density at radius 2 is 1.11 bits per heavy atom. The van der Waals surface area contributed by atoms with E-state index in [1.54, 1.807) is 6.20 Å². The maximum absolute atomic E-state index is 10.3. The zero-order valence-electron chi connectivity index (χ0n) is 21.1. The normalized spacial score (nSPS) is 13.4. The highest BCUT2D eigenvalue weighted by Crippen LogP contribution is 2.02. The van der Waals surface area contributed by atoms with Crippen LogP contribution < -0.4 is 22.9 Å². The molecule has 210 valence electrons. The number of nitrogens with zero attached hydrogens (tertiary/aromatic N) is 1. The van der Waals surface area contributed by atoms with Crippen LogP contribution in [0.2, 0.25) is 0 Å². The molecule has 0 fully saturated rings. The number of hydrogen-bond acceptors (Lipinski definition) is 10. The fraction of sp³-hybridized carbons (Fsp3) is 0.667. The first kappa shape index (κ1) is 37.4. The van der Waals surface area contributed by atoms with Crippen LogP contribution in [0.1, 0.15) is 46.2 Å². The average Bonchev–Trinajstić information content (AvgIpc) is 3.26. The number of carbonyl (C=O) groups is 4. The number of nitrogens with two attached hydrogens (primary N) is 4. The molecule has 4 unspecified atom stereocenters. The predicted octanol–water partition coefficient (Wildman–Crippen LogP) is -1.36. The van der Waals surface area contributed by atoms with E-state index in [0.29, 0.717) is 30.4 Å². The van der Waals surface area contributed by atoms with E-state index in [0.717, 1.165) is 0 Å². The second-order valence-electron chi connectivity index (χ2n) is 8.49. The lowest BCUT2D eigenvalue weighted by Crippen LogP contribution is -2.33. The summed E-state index contributed by atoms with van der Waals surface area (Å²) in [7, 11) is 0. The van der Waals surface area contributed by atoms with Crippen LogP contribution in [-0.2, 0) is 25.6 Å². The lowest BCUT2D eigenvalue weighted by atomic mass is 10.1. The third-order valence-corrected chi connectivity index (χ3v) is 3.90. The highest BCUT2D eigenvalue weighted by Gasteiger charge is 2.13. The third-order valence-electron chi connectivity index (χ3n) is 3.90. The van der Waals surface area contributed by atoms with Crippen molar-refractivity contribution in [2.45, 2.75) is 71.1 Å². The first-order chi connectivity index (χ1) is 16.5. The number of aliphatic hydroxyl groups excluding tert-OH is 1. The van der Waals surface area contributed by atoms with Crippen molar-refractivity contribution in [3.63, 3.8) is 0 Å². The van der Waals surface area contributed by atoms with Gasteiger partial charge >= 0.3 is 23.9 Å². The quantitative estimate of drug-likeness (QED) is 0.160. The molecule has 0 bridgehead atoms. The van der Waals surface area contributed by atoms with Gasteiger partial charge in [-0.3, -0.25) is 19.2 Å². The summed E-state index contributed by atoms with van der Waals surface area (Å²) in [6, 6.07) is -3.37. The van der Waals surface area contributed by atoms with Crippen LogP contribution in [0, 0.1) is 11.8 Å². The van der Waals surface area contributed by atoms with Crippen LogP contribution in [0.3, 0.4) is 0 Å². The average molecular weight is 523 g/mol. The number of aliphatic hydroxyl groups is 1. The minimum Gasteiger partial charge on any atom is -0.480 e. The number of carboxylic acids is 4. The molecule has 0 aromatic carbocycles. The van der Waals surface area contributed by atoms with Crippen molar-refractivity contribution < 1.29 is 44.7 Å². The summed E-state index contributed by atoms with van der Waals surface area (Å²) in [6.45, 7) is 7.28. The van der Waals surface area contributed by atoms with Gasteiger partial charge in [0.2, 0.25) is 0 Å². The number of hydrogen-bond donors (Lipinski definition) is 10. The molecular formula is C21H42N6O9. The van der Waals surface area contributed by atoms with Crippen LogP contribution in [0.25, 0.3) is 0 Å². The van der Waals surface area contributed by atoms with Gasteiger partial charge in [-0.1, -0.05) is 27.7 Å². The second kappa shape index (κ2) is 21.2. The molecule has 14 N–H and O–H groups in total. The largest absolute Gasteiger partial charge is 0.480 e. The summed E-state index contributed by atoms with van der Waals surface area (Å²) in [5, 5.41) is 40.9. The van der Waals surface area contributed by atoms with E-state index in [1.807, 2.05) is 27.7 Å². The van der Waals surface area contributed by atoms with Crippen LogP contribution >= 0.6 is 0 Å². The maximum Gasteiger partial charge on any atom is 0.322 e. The minimum absolute atomic E-state index is 0.263. The second-order valence-corrected chi connectivity index (χ2v) is 8.49. The van der Waals surface area contributed by atoms with Gasteiger partial charge < -0.3 is 53.5 Å². The Labute approximate surface area is 209 Å². The van der Waals surface area contributed by atoms with Crippen molar-refractivity contribution >= 4 is 23.9 Å². The molecule has 36 heavy (non-hydrogen) atoms. The van der Waals surface area contributed by atoms with Crippen molar-refractivity contribution in [1.29, 1.82) is 0 Å². The minimum atomic E-state index is -1.18. The first-order valence-corrected chi connectivity index (χ1v) is 11.0. The Morgan fingerprint density at radius 1 is 0.750 bits per heavy atom. The van der Waals surface area contributed by atoms with Crippen molar-refractivity contribution in [3.8, 4) is 0 Å². The van der Waals surface area contributed by atoms with Gasteiger partial charge in [-0.2, -0.15) is 0 Å². The van der Waals surface area contributed by atoms with Crippen molar-refractivity contribution in [1.82, 2.24) is 9.97 Å². The molecule has 0 aliphatic heterocycles. The molecule has 0 amide bonds. The van der Waals surface area contributed by atoms with E-state index in [-0.39, 0.29) is 6.42 Å². The molecule has 0 aliphatic carbocycles. The molecule has 0 saturated carbocycles. The van der Waals surface area contributed by atoms with E-state index >= 15 is 0 Å². The van der Waals surface area contributed by atoms with Gasteiger partial charge in [0, 0.05) is 12.6 Å². The van der Waals surface area contributed by atoms with Crippen LogP contribution in [0.15, 0.2) is 12.5 Å². The van der Waals surface area contributed by atoms with Gasteiger partial charge in [0.05, 0.1) is 18.6 Å². The molecular weight excluding hydrogens is 480 g/mol. The number of nitrogens with one attached hydrogen (secondary N) is 1. The monoisotopic (exact) mass is 522 g/mol. The number of aliphatic carboxylic acids is 4. The fourth-order valence-corrected chi connectivity index (χ4v) is 2.01. The number of aromatic amines is 1. The van der Waals surface area contributed by atoms with Gasteiger partial charge in [0.25, 0.3) is 0 Å². The Balaban J connectivity index is -0.000000409. The summed E-state index contributed by atoms with van der Waals surface area (Å²) in [5.74, 6) is -3.30. The van der Waals surface area contributed by atoms with Gasteiger partial charge in [-0.15, -0.1) is 0 Å². The number of carboxylic acid groups (broad SMARTS) is 4. The van der Waals surface area contributed by atoms with Gasteiger partial charge in [-0.05, 0) is 24.7 Å². The molecule has 0 radical (unpaired) electrons. The topological polar surface area (TPSA) is 302 Å². The van der Waals surface area contributed by atoms with E-state index in [2.05, 4.69) is 9.97 Å². The van der Waals surface area contributed by atoms with Gasteiger partial charge in [0.1, 0.15) is 24.2 Å². The summed E-state index contributed by atoms with van der Waals surface area (Å²) in [6.07, 6.45) is 4.48. The van der Waals surface area contributed by atoms with Gasteiger partial charge in [0.15, 0.2) is 0 Å². The van der Waals surface area contributed by atoms with Crippen molar-refractivity contribution in [3.05, 3.63) is 18.2 Å². The van der Waals surface area contributed by atoms with E-state index in [1.165, 1.54) is 6.33 Å². The van der Waals surface area contributed by atoms with E-state index < -0.39 is 54.7 Å². The molecule has 15 nitrogen and oxygen atoms in total. The van der Waals surface area contributed by atoms with Gasteiger partial charge in [-0.25, -0.2) is 4.98 Å². The summed E-state index contributed by atoms with van der Waals surface area (Å²) >= 11 is 0. The predicted molar refractivity (Wildman–Crippen MR) is 131 cm³/mol. The molecule has 0 saturated heterocycles. The molecule has 1 rings (SSSR count). The Kier molecular flexibility index (Phi) is 22.0. The zero-order chi connectivity index (χ0) is 29.0. The number of rotatable bonds is 11. The molecule has 0 aliphatic rings. The number of aromatic nitrogens is 2. The molecule has 4 atom stereocenters. The number of H-pyrrole nitrogens is 1. The first-order valence-electron chi connectivity index (χ1n) is 11.0. The summed E-state index contributed by atoms with van der Waals surface area (Å²) < 4.78 is 0. The summed E-state index contributed by atoms with van der Waals surface area (Å²) in [4.78, 5) is 46.7. The highest BCUT2D eigenvalue weighted by molar-refractivity contribution is 5.74. The summed E-state index contributed by atoms with van der Waals surface area (Å²) in [5.41, 5.74) is 21.1. The molecule has 1 heterocycles. The van der Waals surface area contributed by atoms with E-state index in [4.69, 9.17) is 48.5 Å². The van der Waals surface area contributed by atoms with Crippen LogP contribution in [0.5, 0.6) is 0 Å². The van der Waals surface area contributed by atoms with E-state index in [9.17, 15) is 19.2 Å². The van der Waals surface area contributed by atoms with Crippen LogP contribution in [0.4, 0.5) is 0 Å². The molecule has 1 aromatic heterocycles. The Bertz CT molecular complexity index is 718. The fourth-order valence-electron chi connectivity index (χ4n) is 2.01. The highest BCUT2D eigenvalue weighted by atomic mass is 16.4. The lowest BCUT2D eigenvalue weighted by Gasteiger charge is -2.07. The Morgan fingerprint density at radius 3 is 1.28 bits per heavy atom. The smallest absolute Gasteiger partial charge is 0.322 e.